The number of H-pyrrole nitrogens is 1. The first-order chi connectivity index (χ1) is 8.29. The number of rotatable bonds is 4. The van der Waals surface area contributed by atoms with Crippen LogP contribution < -0.4 is 5.32 Å². The van der Waals surface area contributed by atoms with E-state index >= 15 is 0 Å². The van der Waals surface area contributed by atoms with E-state index in [9.17, 15) is 4.79 Å². The van der Waals surface area contributed by atoms with Crippen molar-refractivity contribution in [2.24, 2.45) is 5.92 Å². The molecule has 2 N–H and O–H groups in total. The number of hydrogen-bond donors (Lipinski definition) is 2. The molecule has 1 aromatic heterocycles. The lowest BCUT2D eigenvalue weighted by molar-refractivity contribution is 0.0921. The van der Waals surface area contributed by atoms with E-state index in [-0.39, 0.29) is 5.91 Å². The lowest BCUT2D eigenvalue weighted by Crippen LogP contribution is -2.37. The zero-order valence-electron chi connectivity index (χ0n) is 10.4. The molecule has 0 unspecified atom stereocenters. The molecular formula is C13H21N3O. The molecule has 0 aromatic carbocycles. The number of aromatic amines is 1. The Labute approximate surface area is 102 Å². The van der Waals surface area contributed by atoms with Crippen molar-refractivity contribution in [3.8, 4) is 0 Å². The van der Waals surface area contributed by atoms with Crippen LogP contribution in [0.2, 0.25) is 0 Å². The van der Waals surface area contributed by atoms with Gasteiger partial charge in [-0.1, -0.05) is 19.8 Å². The largest absolute Gasteiger partial charge is 0.349 e. The molecule has 1 aliphatic carbocycles. The van der Waals surface area contributed by atoms with Crippen LogP contribution in [0.25, 0.3) is 0 Å². The van der Waals surface area contributed by atoms with Gasteiger partial charge < -0.3 is 5.32 Å². The van der Waals surface area contributed by atoms with Crippen molar-refractivity contribution in [3.63, 3.8) is 0 Å². The van der Waals surface area contributed by atoms with Crippen molar-refractivity contribution in [1.29, 1.82) is 0 Å². The molecule has 2 rings (SSSR count). The van der Waals surface area contributed by atoms with Gasteiger partial charge in [0.1, 0.15) is 0 Å². The third-order valence-electron chi connectivity index (χ3n) is 3.64. The van der Waals surface area contributed by atoms with Gasteiger partial charge in [-0.25, -0.2) is 0 Å². The predicted molar refractivity (Wildman–Crippen MR) is 66.7 cm³/mol. The summed E-state index contributed by atoms with van der Waals surface area (Å²) >= 11 is 0. The van der Waals surface area contributed by atoms with Crippen molar-refractivity contribution in [3.05, 3.63) is 18.0 Å². The van der Waals surface area contributed by atoms with Gasteiger partial charge in [-0.15, -0.1) is 0 Å². The third-order valence-corrected chi connectivity index (χ3v) is 3.64. The number of nitrogens with one attached hydrogen (secondary N) is 2. The summed E-state index contributed by atoms with van der Waals surface area (Å²) in [7, 11) is 0. The van der Waals surface area contributed by atoms with Crippen LogP contribution in [0.5, 0.6) is 0 Å². The van der Waals surface area contributed by atoms with Crippen LogP contribution in [0.1, 0.15) is 55.8 Å². The van der Waals surface area contributed by atoms with Gasteiger partial charge in [0.15, 0.2) is 0 Å². The fourth-order valence-corrected chi connectivity index (χ4v) is 2.65. The van der Waals surface area contributed by atoms with Gasteiger partial charge in [-0.05, 0) is 31.6 Å². The first-order valence-corrected chi connectivity index (χ1v) is 6.59. The Balaban J connectivity index is 1.76. The highest BCUT2D eigenvalue weighted by Gasteiger charge is 2.22. The summed E-state index contributed by atoms with van der Waals surface area (Å²) in [5.41, 5.74) is 0.626. The SMILES string of the molecule is CCCC1CCC(NC(=O)c2cn[nH]c2)CC1. The minimum atomic E-state index is -0.00214. The predicted octanol–water partition coefficient (Wildman–Crippen LogP) is 2.50. The smallest absolute Gasteiger partial charge is 0.254 e. The fourth-order valence-electron chi connectivity index (χ4n) is 2.65. The maximum atomic E-state index is 11.8. The summed E-state index contributed by atoms with van der Waals surface area (Å²) in [5, 5.41) is 9.53. The number of amides is 1. The van der Waals surface area contributed by atoms with E-state index in [4.69, 9.17) is 0 Å². The van der Waals surface area contributed by atoms with E-state index in [0.29, 0.717) is 11.6 Å². The molecule has 1 saturated carbocycles. The molecule has 0 bridgehead atoms. The monoisotopic (exact) mass is 235 g/mol. The van der Waals surface area contributed by atoms with Crippen molar-refractivity contribution in [1.82, 2.24) is 15.5 Å². The molecule has 4 heteroatoms. The molecule has 1 aromatic rings. The second-order valence-electron chi connectivity index (χ2n) is 4.97. The van der Waals surface area contributed by atoms with Gasteiger partial charge in [0.05, 0.1) is 11.8 Å². The van der Waals surface area contributed by atoms with E-state index in [0.717, 1.165) is 18.8 Å². The minimum absolute atomic E-state index is 0.00214. The number of carbonyl (C=O) groups excluding carboxylic acids is 1. The Morgan fingerprint density at radius 2 is 2.24 bits per heavy atom. The van der Waals surface area contributed by atoms with Crippen LogP contribution in [0, 0.1) is 5.92 Å². The van der Waals surface area contributed by atoms with Gasteiger partial charge in [0.25, 0.3) is 5.91 Å². The van der Waals surface area contributed by atoms with Gasteiger partial charge in [-0.2, -0.15) is 5.10 Å². The Morgan fingerprint density at radius 1 is 1.47 bits per heavy atom. The average Bonchev–Trinajstić information content (AvgIpc) is 2.86. The first-order valence-electron chi connectivity index (χ1n) is 6.59. The molecule has 1 heterocycles. The number of hydrogen-bond acceptors (Lipinski definition) is 2. The molecule has 17 heavy (non-hydrogen) atoms. The number of carbonyl (C=O) groups is 1. The van der Waals surface area contributed by atoms with Crippen LogP contribution in [-0.2, 0) is 0 Å². The highest BCUT2D eigenvalue weighted by Crippen LogP contribution is 2.27. The summed E-state index contributed by atoms with van der Waals surface area (Å²) in [6, 6.07) is 0.352. The van der Waals surface area contributed by atoms with E-state index in [1.165, 1.54) is 25.7 Å². The maximum Gasteiger partial charge on any atom is 0.254 e. The van der Waals surface area contributed by atoms with Crippen LogP contribution in [0.15, 0.2) is 12.4 Å². The maximum absolute atomic E-state index is 11.8. The fraction of sp³-hybridized carbons (Fsp3) is 0.692. The van der Waals surface area contributed by atoms with Crippen LogP contribution in [0.4, 0.5) is 0 Å². The normalized spacial score (nSPS) is 24.5. The van der Waals surface area contributed by atoms with E-state index in [1.54, 1.807) is 12.4 Å². The molecule has 1 amide bonds. The zero-order chi connectivity index (χ0) is 12.1. The van der Waals surface area contributed by atoms with Gasteiger partial charge in [0.2, 0.25) is 0 Å². The molecule has 0 atom stereocenters. The Hall–Kier alpha value is -1.32. The lowest BCUT2D eigenvalue weighted by atomic mass is 9.83. The molecule has 94 valence electrons. The van der Waals surface area contributed by atoms with Gasteiger partial charge in [0, 0.05) is 12.2 Å². The van der Waals surface area contributed by atoms with E-state index in [2.05, 4.69) is 22.4 Å². The van der Waals surface area contributed by atoms with Crippen molar-refractivity contribution in [2.75, 3.05) is 0 Å². The highest BCUT2D eigenvalue weighted by molar-refractivity contribution is 5.93. The Kier molecular flexibility index (Phi) is 4.18. The van der Waals surface area contributed by atoms with Crippen molar-refractivity contribution >= 4 is 5.91 Å². The highest BCUT2D eigenvalue weighted by atomic mass is 16.1. The standard InChI is InChI=1S/C13H21N3O/c1-2-3-10-4-6-12(7-5-10)16-13(17)11-8-14-15-9-11/h8-10,12H,2-7H2,1H3,(H,14,15)(H,16,17). The molecule has 1 aliphatic rings. The Bertz CT molecular complexity index is 340. The second-order valence-corrected chi connectivity index (χ2v) is 4.97. The van der Waals surface area contributed by atoms with Crippen molar-refractivity contribution in [2.45, 2.75) is 51.5 Å². The zero-order valence-corrected chi connectivity index (χ0v) is 10.4. The van der Waals surface area contributed by atoms with Crippen molar-refractivity contribution < 1.29 is 4.79 Å². The molecule has 0 saturated heterocycles. The van der Waals surface area contributed by atoms with E-state index in [1.807, 2.05) is 0 Å². The minimum Gasteiger partial charge on any atom is -0.349 e. The molecule has 4 nitrogen and oxygen atoms in total. The summed E-state index contributed by atoms with van der Waals surface area (Å²) < 4.78 is 0. The average molecular weight is 235 g/mol. The number of nitrogens with zero attached hydrogens (tertiary/aromatic N) is 1. The lowest BCUT2D eigenvalue weighted by Gasteiger charge is -2.28. The van der Waals surface area contributed by atoms with Crippen LogP contribution >= 0.6 is 0 Å². The van der Waals surface area contributed by atoms with Crippen LogP contribution in [-0.4, -0.2) is 22.1 Å². The molecule has 1 fully saturated rings. The summed E-state index contributed by atoms with van der Waals surface area (Å²) in [4.78, 5) is 11.8. The van der Waals surface area contributed by atoms with Crippen LogP contribution in [0.3, 0.4) is 0 Å². The number of aromatic nitrogens is 2. The second kappa shape index (κ2) is 5.84. The molecular weight excluding hydrogens is 214 g/mol. The Morgan fingerprint density at radius 3 is 2.82 bits per heavy atom. The molecule has 0 spiro atoms. The molecule has 0 aliphatic heterocycles. The third kappa shape index (κ3) is 3.32. The summed E-state index contributed by atoms with van der Waals surface area (Å²) in [6.45, 7) is 2.24. The van der Waals surface area contributed by atoms with Gasteiger partial charge >= 0.3 is 0 Å². The summed E-state index contributed by atoms with van der Waals surface area (Å²) in [5.74, 6) is 0.875. The van der Waals surface area contributed by atoms with Gasteiger partial charge in [-0.3, -0.25) is 9.89 Å². The van der Waals surface area contributed by atoms with E-state index < -0.39 is 0 Å². The quantitative estimate of drug-likeness (QED) is 0.842. The topological polar surface area (TPSA) is 57.8 Å². The first kappa shape index (κ1) is 12.1. The summed E-state index contributed by atoms with van der Waals surface area (Å²) in [6.07, 6.45) is 10.6. The molecule has 0 radical (unpaired) electrons.